The third-order valence-electron chi connectivity index (χ3n) is 3.69. The van der Waals surface area contributed by atoms with E-state index in [-0.39, 0.29) is 6.04 Å². The molecule has 0 radical (unpaired) electrons. The number of piperidine rings is 1. The van der Waals surface area contributed by atoms with Crippen LogP contribution in [0.2, 0.25) is 0 Å². The molecule has 2 aliphatic rings. The summed E-state index contributed by atoms with van der Waals surface area (Å²) >= 11 is 2.00. The molecule has 2 rings (SSSR count). The van der Waals surface area contributed by atoms with Crippen LogP contribution in [0.5, 0.6) is 0 Å². The number of carbonyl (C=O) groups excluding carboxylic acids is 1. The number of rotatable bonds is 4. The summed E-state index contributed by atoms with van der Waals surface area (Å²) in [5.74, 6) is 2.78. The summed E-state index contributed by atoms with van der Waals surface area (Å²) in [6, 6.07) is 0.600. The fourth-order valence-corrected chi connectivity index (χ4v) is 3.90. The molecule has 2 atom stereocenters. The third-order valence-corrected chi connectivity index (χ3v) is 4.89. The first-order valence-corrected chi connectivity index (χ1v) is 8.10. The zero-order valence-corrected chi connectivity index (χ0v) is 11.6. The Balaban J connectivity index is 1.90. The van der Waals surface area contributed by atoms with Crippen LogP contribution in [0.4, 0.5) is 0 Å². The first kappa shape index (κ1) is 13.2. The van der Waals surface area contributed by atoms with Crippen molar-refractivity contribution in [3.8, 4) is 0 Å². The number of nitrogens with zero attached hydrogens (tertiary/aromatic N) is 1. The topological polar surface area (TPSA) is 32.3 Å². The zero-order valence-electron chi connectivity index (χ0n) is 10.8. The first-order valence-electron chi connectivity index (χ1n) is 6.94. The Labute approximate surface area is 109 Å². The maximum Gasteiger partial charge on any atom is 0.239 e. The van der Waals surface area contributed by atoms with Crippen molar-refractivity contribution in [2.45, 2.75) is 51.1 Å². The van der Waals surface area contributed by atoms with E-state index in [1.54, 1.807) is 0 Å². The van der Waals surface area contributed by atoms with Crippen LogP contribution < -0.4 is 5.32 Å². The summed E-state index contributed by atoms with van der Waals surface area (Å²) in [6.45, 7) is 4.09. The molecule has 1 N–H and O–H groups in total. The zero-order chi connectivity index (χ0) is 12.1. The molecule has 0 aromatic carbocycles. The van der Waals surface area contributed by atoms with Gasteiger partial charge in [-0.2, -0.15) is 11.8 Å². The molecule has 0 aromatic rings. The van der Waals surface area contributed by atoms with Gasteiger partial charge in [0, 0.05) is 18.3 Å². The van der Waals surface area contributed by atoms with E-state index < -0.39 is 0 Å². The number of carbonyl (C=O) groups is 1. The standard InChI is InChI=1S/C13H24N2OS/c1-2-7-14-12-6-3-8-15(13(12)16)11-5-4-9-17-10-11/h11-12,14H,2-10H2,1H3. The van der Waals surface area contributed by atoms with Crippen LogP contribution in [0.3, 0.4) is 0 Å². The number of likely N-dealkylation sites (tertiary alicyclic amines) is 1. The van der Waals surface area contributed by atoms with Crippen molar-refractivity contribution in [1.29, 1.82) is 0 Å². The Morgan fingerprint density at radius 1 is 1.41 bits per heavy atom. The summed E-state index contributed by atoms with van der Waals surface area (Å²) < 4.78 is 0. The highest BCUT2D eigenvalue weighted by molar-refractivity contribution is 7.99. The molecule has 2 saturated heterocycles. The summed E-state index contributed by atoms with van der Waals surface area (Å²) in [7, 11) is 0. The lowest BCUT2D eigenvalue weighted by Crippen LogP contribution is -2.55. The lowest BCUT2D eigenvalue weighted by Gasteiger charge is -2.39. The average Bonchev–Trinajstić information content (AvgIpc) is 2.39. The number of amides is 1. The molecule has 0 aliphatic carbocycles. The van der Waals surface area contributed by atoms with Crippen molar-refractivity contribution < 1.29 is 4.79 Å². The Morgan fingerprint density at radius 2 is 2.29 bits per heavy atom. The van der Waals surface area contributed by atoms with Gasteiger partial charge in [0.15, 0.2) is 0 Å². The molecule has 0 saturated carbocycles. The molecule has 2 fully saturated rings. The van der Waals surface area contributed by atoms with Crippen LogP contribution in [0.25, 0.3) is 0 Å². The largest absolute Gasteiger partial charge is 0.338 e. The van der Waals surface area contributed by atoms with Crippen molar-refractivity contribution in [2.24, 2.45) is 0 Å². The van der Waals surface area contributed by atoms with Gasteiger partial charge in [-0.1, -0.05) is 6.92 Å². The van der Waals surface area contributed by atoms with Crippen molar-refractivity contribution in [3.05, 3.63) is 0 Å². The summed E-state index contributed by atoms with van der Waals surface area (Å²) in [5.41, 5.74) is 0. The van der Waals surface area contributed by atoms with Gasteiger partial charge in [0.25, 0.3) is 0 Å². The Morgan fingerprint density at radius 3 is 3.00 bits per heavy atom. The van der Waals surface area contributed by atoms with E-state index in [1.807, 2.05) is 11.8 Å². The minimum absolute atomic E-state index is 0.0932. The summed E-state index contributed by atoms with van der Waals surface area (Å²) in [4.78, 5) is 14.5. The monoisotopic (exact) mass is 256 g/mol. The Hall–Kier alpha value is -0.220. The van der Waals surface area contributed by atoms with E-state index >= 15 is 0 Å². The predicted molar refractivity (Wildman–Crippen MR) is 73.4 cm³/mol. The van der Waals surface area contributed by atoms with Crippen LogP contribution in [0, 0.1) is 0 Å². The Bertz CT molecular complexity index is 254. The SMILES string of the molecule is CCCNC1CCCN(C2CCCSC2)C1=O. The van der Waals surface area contributed by atoms with Gasteiger partial charge in [0.2, 0.25) is 5.91 Å². The quantitative estimate of drug-likeness (QED) is 0.833. The first-order chi connectivity index (χ1) is 8.33. The predicted octanol–water partition coefficient (Wildman–Crippen LogP) is 1.87. The summed E-state index contributed by atoms with van der Waals surface area (Å²) in [6.07, 6.45) is 5.76. The van der Waals surface area contributed by atoms with Crippen LogP contribution in [0.1, 0.15) is 39.0 Å². The van der Waals surface area contributed by atoms with Crippen LogP contribution >= 0.6 is 11.8 Å². The van der Waals surface area contributed by atoms with E-state index in [1.165, 1.54) is 18.6 Å². The maximum atomic E-state index is 12.4. The normalized spacial score (nSPS) is 30.6. The highest BCUT2D eigenvalue weighted by Gasteiger charge is 2.33. The van der Waals surface area contributed by atoms with Gasteiger partial charge in [-0.15, -0.1) is 0 Å². The molecule has 17 heavy (non-hydrogen) atoms. The molecule has 0 spiro atoms. The molecule has 0 bridgehead atoms. The molecule has 0 aromatic heterocycles. The minimum Gasteiger partial charge on any atom is -0.338 e. The molecular weight excluding hydrogens is 232 g/mol. The number of hydrogen-bond donors (Lipinski definition) is 1. The van der Waals surface area contributed by atoms with Gasteiger partial charge >= 0.3 is 0 Å². The van der Waals surface area contributed by atoms with Gasteiger partial charge < -0.3 is 10.2 Å². The van der Waals surface area contributed by atoms with E-state index in [0.29, 0.717) is 11.9 Å². The molecule has 3 nitrogen and oxygen atoms in total. The van der Waals surface area contributed by atoms with Crippen molar-refractivity contribution in [2.75, 3.05) is 24.6 Å². The molecule has 4 heteroatoms. The fourth-order valence-electron chi connectivity index (χ4n) is 2.74. The summed E-state index contributed by atoms with van der Waals surface area (Å²) in [5, 5.41) is 3.39. The molecule has 98 valence electrons. The lowest BCUT2D eigenvalue weighted by atomic mass is 10.0. The third kappa shape index (κ3) is 3.38. The number of nitrogens with one attached hydrogen (secondary N) is 1. The second-order valence-corrected chi connectivity index (χ2v) is 6.20. The van der Waals surface area contributed by atoms with E-state index in [4.69, 9.17) is 0 Å². The molecule has 2 heterocycles. The van der Waals surface area contributed by atoms with Crippen molar-refractivity contribution in [3.63, 3.8) is 0 Å². The lowest BCUT2D eigenvalue weighted by molar-refractivity contribution is -0.138. The molecule has 2 aliphatic heterocycles. The highest BCUT2D eigenvalue weighted by atomic mass is 32.2. The Kier molecular flexibility index (Phi) is 5.16. The smallest absolute Gasteiger partial charge is 0.239 e. The van der Waals surface area contributed by atoms with E-state index in [9.17, 15) is 4.79 Å². The molecule has 1 amide bonds. The number of thioether (sulfide) groups is 1. The van der Waals surface area contributed by atoms with Gasteiger partial charge in [-0.05, 0) is 44.4 Å². The van der Waals surface area contributed by atoms with Gasteiger partial charge in [-0.3, -0.25) is 4.79 Å². The van der Waals surface area contributed by atoms with Crippen molar-refractivity contribution >= 4 is 17.7 Å². The highest BCUT2D eigenvalue weighted by Crippen LogP contribution is 2.25. The number of hydrogen-bond acceptors (Lipinski definition) is 3. The van der Waals surface area contributed by atoms with Crippen molar-refractivity contribution in [1.82, 2.24) is 10.2 Å². The van der Waals surface area contributed by atoms with Crippen LogP contribution in [0.15, 0.2) is 0 Å². The average molecular weight is 256 g/mol. The van der Waals surface area contributed by atoms with E-state index in [0.717, 1.165) is 38.1 Å². The fraction of sp³-hybridized carbons (Fsp3) is 0.923. The second-order valence-electron chi connectivity index (χ2n) is 5.05. The van der Waals surface area contributed by atoms with E-state index in [2.05, 4.69) is 17.1 Å². The molecular formula is C13H24N2OS. The molecule has 2 unspecified atom stereocenters. The van der Waals surface area contributed by atoms with Gasteiger partial charge in [-0.25, -0.2) is 0 Å². The van der Waals surface area contributed by atoms with Gasteiger partial charge in [0.05, 0.1) is 6.04 Å². The second kappa shape index (κ2) is 6.64. The maximum absolute atomic E-state index is 12.4. The van der Waals surface area contributed by atoms with Crippen LogP contribution in [-0.2, 0) is 4.79 Å². The minimum atomic E-state index is 0.0932. The van der Waals surface area contributed by atoms with Gasteiger partial charge in [0.1, 0.15) is 0 Å². The van der Waals surface area contributed by atoms with Crippen LogP contribution in [-0.4, -0.2) is 47.5 Å².